The summed E-state index contributed by atoms with van der Waals surface area (Å²) in [4.78, 5) is 30.5. The molecule has 49 heavy (non-hydrogen) atoms. The maximum absolute atomic E-state index is 15.6. The van der Waals surface area contributed by atoms with Crippen LogP contribution in [-0.4, -0.2) is 59.0 Å². The van der Waals surface area contributed by atoms with Crippen molar-refractivity contribution in [3.05, 3.63) is 94.3 Å². The lowest BCUT2D eigenvalue weighted by molar-refractivity contribution is -0.119. The highest BCUT2D eigenvalue weighted by Crippen LogP contribution is 2.43. The van der Waals surface area contributed by atoms with Gasteiger partial charge in [0, 0.05) is 49.2 Å². The van der Waals surface area contributed by atoms with Crippen LogP contribution in [0.1, 0.15) is 69.6 Å². The molecule has 1 heterocycles. The van der Waals surface area contributed by atoms with Gasteiger partial charge >= 0.3 is 6.03 Å². The second-order valence-electron chi connectivity index (χ2n) is 13.8. The van der Waals surface area contributed by atoms with Crippen LogP contribution in [0.15, 0.2) is 66.7 Å². The van der Waals surface area contributed by atoms with E-state index in [-0.39, 0.29) is 18.7 Å². The monoisotopic (exact) mass is 707 g/mol. The lowest BCUT2D eigenvalue weighted by Gasteiger charge is -2.39. The number of benzene rings is 3. The fraction of sp³-hybridized carbons (Fsp3) is 0.432. The summed E-state index contributed by atoms with van der Waals surface area (Å²) in [5.41, 5.74) is 1.20. The molecule has 1 aliphatic heterocycles. The van der Waals surface area contributed by atoms with Crippen molar-refractivity contribution in [1.82, 2.24) is 9.62 Å². The summed E-state index contributed by atoms with van der Waals surface area (Å²) in [5, 5.41) is 13.0. The molecular formula is C37H43ClFN5O4S. The zero-order chi connectivity index (χ0) is 35.5. The SMILES string of the molecule is CO[C@@H]1C[C@H](C(=O)Nc2cc([C@](CCC3CC3)(N[S+]([O-])C(C)(C)C)c3cccc(C#N)c3)ccc2F)N(C(=O)N(C)c2ccc(Cl)cc2)C1. The Morgan fingerprint density at radius 2 is 1.82 bits per heavy atom. The van der Waals surface area contributed by atoms with Crippen molar-refractivity contribution >= 4 is 46.3 Å². The number of amides is 3. The molecule has 12 heteroatoms. The van der Waals surface area contributed by atoms with Crippen LogP contribution >= 0.6 is 11.6 Å². The first-order valence-electron chi connectivity index (χ1n) is 16.4. The molecule has 260 valence electrons. The van der Waals surface area contributed by atoms with Crippen LogP contribution in [-0.2, 0) is 26.4 Å². The van der Waals surface area contributed by atoms with Crippen molar-refractivity contribution in [3.8, 4) is 6.07 Å². The Morgan fingerprint density at radius 3 is 2.45 bits per heavy atom. The molecule has 0 radical (unpaired) electrons. The van der Waals surface area contributed by atoms with Gasteiger partial charge in [-0.2, -0.15) is 5.26 Å². The van der Waals surface area contributed by atoms with Crippen molar-refractivity contribution in [2.75, 3.05) is 30.9 Å². The number of halogens is 2. The van der Waals surface area contributed by atoms with Gasteiger partial charge in [0.1, 0.15) is 22.1 Å². The number of carbonyl (C=O) groups is 2. The van der Waals surface area contributed by atoms with E-state index >= 15 is 4.39 Å². The molecule has 3 amide bonds. The van der Waals surface area contributed by atoms with Gasteiger partial charge in [0.15, 0.2) is 0 Å². The smallest absolute Gasteiger partial charge is 0.324 e. The van der Waals surface area contributed by atoms with Crippen LogP contribution in [0, 0.1) is 23.1 Å². The molecule has 1 saturated heterocycles. The van der Waals surface area contributed by atoms with E-state index in [1.165, 1.54) is 23.0 Å². The molecule has 1 saturated carbocycles. The molecule has 1 unspecified atom stereocenters. The minimum atomic E-state index is -1.56. The number of hydrogen-bond acceptors (Lipinski definition) is 6. The molecule has 2 fully saturated rings. The minimum Gasteiger partial charge on any atom is -0.598 e. The van der Waals surface area contributed by atoms with Crippen molar-refractivity contribution < 1.29 is 23.3 Å². The van der Waals surface area contributed by atoms with Crippen LogP contribution in [0.4, 0.5) is 20.6 Å². The molecular weight excluding hydrogens is 665 g/mol. The van der Waals surface area contributed by atoms with Crippen molar-refractivity contribution in [2.24, 2.45) is 5.92 Å². The lowest BCUT2D eigenvalue weighted by Crippen LogP contribution is -2.52. The number of urea groups is 1. The molecule has 3 aromatic carbocycles. The van der Waals surface area contributed by atoms with Gasteiger partial charge in [-0.05, 0) is 99.2 Å². The Morgan fingerprint density at radius 1 is 1.12 bits per heavy atom. The lowest BCUT2D eigenvalue weighted by atomic mass is 9.79. The average Bonchev–Trinajstić information content (AvgIpc) is 3.82. The number of nitrogens with one attached hydrogen (secondary N) is 2. The number of hydrogen-bond donors (Lipinski definition) is 2. The quantitative estimate of drug-likeness (QED) is 0.205. The predicted octanol–water partition coefficient (Wildman–Crippen LogP) is 7.12. The van der Waals surface area contributed by atoms with E-state index in [9.17, 15) is 19.4 Å². The summed E-state index contributed by atoms with van der Waals surface area (Å²) in [6, 6.07) is 19.3. The second kappa shape index (κ2) is 15.1. The van der Waals surface area contributed by atoms with Crippen LogP contribution in [0.2, 0.25) is 5.02 Å². The Kier molecular flexibility index (Phi) is 11.3. The van der Waals surface area contributed by atoms with Gasteiger partial charge in [-0.15, -0.1) is 4.72 Å². The predicted molar refractivity (Wildman–Crippen MR) is 191 cm³/mol. The molecule has 0 aromatic heterocycles. The Balaban J connectivity index is 1.50. The molecule has 3 aromatic rings. The van der Waals surface area contributed by atoms with Gasteiger partial charge in [-0.1, -0.05) is 42.6 Å². The fourth-order valence-electron chi connectivity index (χ4n) is 6.12. The van der Waals surface area contributed by atoms with Gasteiger partial charge in [-0.25, -0.2) is 9.18 Å². The molecule has 1 aliphatic carbocycles. The van der Waals surface area contributed by atoms with Gasteiger partial charge in [0.2, 0.25) is 5.91 Å². The molecule has 4 atom stereocenters. The van der Waals surface area contributed by atoms with E-state index in [0.717, 1.165) is 24.8 Å². The minimum absolute atomic E-state index is 0.0719. The van der Waals surface area contributed by atoms with Crippen molar-refractivity contribution in [2.45, 2.75) is 75.3 Å². The summed E-state index contributed by atoms with van der Waals surface area (Å²) < 4.78 is 37.7. The van der Waals surface area contributed by atoms with E-state index in [1.807, 2.05) is 26.8 Å². The van der Waals surface area contributed by atoms with E-state index in [0.29, 0.717) is 34.2 Å². The van der Waals surface area contributed by atoms with Gasteiger partial charge in [0.05, 0.1) is 23.4 Å². The van der Waals surface area contributed by atoms with E-state index in [4.69, 9.17) is 16.3 Å². The van der Waals surface area contributed by atoms with Crippen LogP contribution < -0.4 is 14.9 Å². The first-order chi connectivity index (χ1) is 23.2. The second-order valence-corrected chi connectivity index (χ2v) is 16.2. The number of carbonyl (C=O) groups excluding carboxylic acids is 2. The molecule has 0 spiro atoms. The third kappa shape index (κ3) is 8.39. The van der Waals surface area contributed by atoms with Crippen LogP contribution in [0.3, 0.4) is 0 Å². The zero-order valence-corrected chi connectivity index (χ0v) is 30.0. The molecule has 2 N–H and O–H groups in total. The number of rotatable bonds is 11. The van der Waals surface area contributed by atoms with Crippen molar-refractivity contribution in [3.63, 3.8) is 0 Å². The Labute approximate surface area is 296 Å². The number of methoxy groups -OCH3 is 1. The summed E-state index contributed by atoms with van der Waals surface area (Å²) in [6.07, 6.45) is 3.39. The fourth-order valence-corrected chi connectivity index (χ4v) is 7.20. The number of anilines is 2. The number of nitrogens with zero attached hydrogens (tertiary/aromatic N) is 3. The first-order valence-corrected chi connectivity index (χ1v) is 17.9. The highest BCUT2D eigenvalue weighted by Gasteiger charge is 2.45. The standard InChI is InChI=1S/C37H43ClFN5O4S/c1-36(2,3)49(47)42-37(18-17-24-9-10-24,26-8-6-7-25(19-26)22-40)27-11-16-31(39)32(20-27)41-34(45)33-21-30(48-5)23-44(33)35(46)43(4)29-14-12-28(38)13-15-29/h6-8,11-16,19-20,24,30,33,42H,9-10,17-18,21,23H2,1-5H3,(H,41,45)/t30-,33-,37-,49?/m1/s1. The van der Waals surface area contributed by atoms with Gasteiger partial charge in [0.25, 0.3) is 0 Å². The van der Waals surface area contributed by atoms with Gasteiger partial charge < -0.3 is 19.5 Å². The summed E-state index contributed by atoms with van der Waals surface area (Å²) in [6.45, 7) is 5.79. The van der Waals surface area contributed by atoms with E-state index < -0.39 is 51.5 Å². The highest BCUT2D eigenvalue weighted by molar-refractivity contribution is 7.90. The summed E-state index contributed by atoms with van der Waals surface area (Å²) >= 11 is 4.48. The Hall–Kier alpha value is -3.66. The maximum Gasteiger partial charge on any atom is 0.324 e. The number of ether oxygens (including phenoxy) is 1. The normalized spacial score (nSPS) is 19.5. The third-order valence-corrected chi connectivity index (χ3v) is 11.2. The molecule has 0 bridgehead atoms. The van der Waals surface area contributed by atoms with E-state index in [1.54, 1.807) is 61.6 Å². The zero-order valence-electron chi connectivity index (χ0n) is 28.5. The highest BCUT2D eigenvalue weighted by atomic mass is 35.5. The largest absolute Gasteiger partial charge is 0.598 e. The molecule has 5 rings (SSSR count). The number of nitriles is 1. The van der Waals surface area contributed by atoms with Crippen molar-refractivity contribution in [1.29, 1.82) is 5.26 Å². The summed E-state index contributed by atoms with van der Waals surface area (Å²) in [5.74, 6) is -0.697. The molecule has 9 nitrogen and oxygen atoms in total. The van der Waals surface area contributed by atoms with E-state index in [2.05, 4.69) is 16.1 Å². The van der Waals surface area contributed by atoms with Crippen LogP contribution in [0.5, 0.6) is 0 Å². The summed E-state index contributed by atoms with van der Waals surface area (Å²) in [7, 11) is 3.14. The topological polar surface area (TPSA) is 121 Å². The van der Waals surface area contributed by atoms with Gasteiger partial charge in [-0.3, -0.25) is 9.69 Å². The molecule has 2 aliphatic rings. The number of likely N-dealkylation sites (tertiary alicyclic amines) is 1. The maximum atomic E-state index is 15.6. The average molecular weight is 708 g/mol. The third-order valence-electron chi connectivity index (χ3n) is 9.29. The Bertz CT molecular complexity index is 1710. The first kappa shape index (κ1) is 36.6. The van der Waals surface area contributed by atoms with Crippen LogP contribution in [0.25, 0.3) is 0 Å².